The van der Waals surface area contributed by atoms with Gasteiger partial charge in [-0.05, 0) is 25.5 Å². The predicted octanol–water partition coefficient (Wildman–Crippen LogP) is 1.53. The minimum Gasteiger partial charge on any atom is -0.481 e. The highest BCUT2D eigenvalue weighted by Crippen LogP contribution is 2.18. The second kappa shape index (κ2) is 4.78. The zero-order valence-corrected chi connectivity index (χ0v) is 10.9. The van der Waals surface area contributed by atoms with Gasteiger partial charge in [0.15, 0.2) is 0 Å². The Bertz CT molecular complexity index is 528. The Kier molecular flexibility index (Phi) is 3.34. The summed E-state index contributed by atoms with van der Waals surface area (Å²) in [6, 6.07) is 3.86. The first-order valence-corrected chi connectivity index (χ1v) is 5.79. The molecule has 5 heteroatoms. The smallest absolute Gasteiger partial charge is 0.213 e. The van der Waals surface area contributed by atoms with Crippen molar-refractivity contribution in [3.05, 3.63) is 42.1 Å². The average molecular weight is 246 g/mol. The van der Waals surface area contributed by atoms with Crippen molar-refractivity contribution in [2.45, 2.75) is 25.9 Å². The van der Waals surface area contributed by atoms with E-state index in [4.69, 9.17) is 10.5 Å². The molecule has 0 saturated heterocycles. The first-order valence-electron chi connectivity index (χ1n) is 5.79. The van der Waals surface area contributed by atoms with Gasteiger partial charge in [-0.15, -0.1) is 0 Å². The molecule has 0 bridgehead atoms. The molecule has 2 N–H and O–H groups in total. The van der Waals surface area contributed by atoms with Crippen molar-refractivity contribution in [2.75, 3.05) is 7.11 Å². The lowest BCUT2D eigenvalue weighted by Crippen LogP contribution is -2.31. The maximum Gasteiger partial charge on any atom is 0.213 e. The van der Waals surface area contributed by atoms with E-state index in [9.17, 15) is 0 Å². The molecule has 5 nitrogen and oxygen atoms in total. The molecule has 0 aromatic carbocycles. The van der Waals surface area contributed by atoms with Crippen LogP contribution in [0.5, 0.6) is 5.88 Å². The molecule has 0 atom stereocenters. The minimum atomic E-state index is -0.409. The molecule has 0 saturated carbocycles. The summed E-state index contributed by atoms with van der Waals surface area (Å²) in [5.74, 6) is 0.612. The van der Waals surface area contributed by atoms with E-state index in [2.05, 4.69) is 9.97 Å². The van der Waals surface area contributed by atoms with Crippen molar-refractivity contribution in [3.63, 3.8) is 0 Å². The van der Waals surface area contributed by atoms with Crippen LogP contribution < -0.4 is 10.5 Å². The third kappa shape index (κ3) is 2.68. The minimum absolute atomic E-state index is 0.409. The molecule has 2 heterocycles. The molecule has 18 heavy (non-hydrogen) atoms. The van der Waals surface area contributed by atoms with E-state index >= 15 is 0 Å². The second-order valence-electron chi connectivity index (χ2n) is 4.83. The Morgan fingerprint density at radius 1 is 1.44 bits per heavy atom. The normalized spacial score (nSPS) is 11.6. The molecule has 0 amide bonds. The first-order chi connectivity index (χ1) is 8.50. The molecule has 0 radical (unpaired) electrons. The number of aromatic nitrogens is 3. The third-order valence-corrected chi connectivity index (χ3v) is 2.73. The van der Waals surface area contributed by atoms with Gasteiger partial charge in [-0.2, -0.15) is 0 Å². The van der Waals surface area contributed by atoms with Gasteiger partial charge < -0.3 is 15.0 Å². The SMILES string of the molecule is COc1cc(Cn2cncc2C(C)(C)N)ccn1. The van der Waals surface area contributed by atoms with E-state index in [1.54, 1.807) is 25.8 Å². The summed E-state index contributed by atoms with van der Waals surface area (Å²) in [7, 11) is 1.61. The van der Waals surface area contributed by atoms with Gasteiger partial charge >= 0.3 is 0 Å². The Morgan fingerprint density at radius 2 is 2.22 bits per heavy atom. The average Bonchev–Trinajstić information content (AvgIpc) is 2.77. The van der Waals surface area contributed by atoms with Crippen molar-refractivity contribution in [3.8, 4) is 5.88 Å². The van der Waals surface area contributed by atoms with Crippen LogP contribution in [0.2, 0.25) is 0 Å². The van der Waals surface area contributed by atoms with Gasteiger partial charge in [0.05, 0.1) is 24.7 Å². The molecule has 0 unspecified atom stereocenters. The van der Waals surface area contributed by atoms with Crippen LogP contribution in [0.15, 0.2) is 30.9 Å². The molecular weight excluding hydrogens is 228 g/mol. The molecule has 0 spiro atoms. The Hall–Kier alpha value is -1.88. The maximum absolute atomic E-state index is 6.11. The zero-order chi connectivity index (χ0) is 13.2. The number of pyridine rings is 1. The van der Waals surface area contributed by atoms with E-state index in [1.807, 2.05) is 30.5 Å². The summed E-state index contributed by atoms with van der Waals surface area (Å²) in [6.07, 6.45) is 5.33. The number of rotatable bonds is 4. The summed E-state index contributed by atoms with van der Waals surface area (Å²) >= 11 is 0. The van der Waals surface area contributed by atoms with E-state index in [-0.39, 0.29) is 0 Å². The van der Waals surface area contributed by atoms with E-state index in [1.165, 1.54) is 0 Å². The summed E-state index contributed by atoms with van der Waals surface area (Å²) in [4.78, 5) is 8.25. The lowest BCUT2D eigenvalue weighted by atomic mass is 10.0. The van der Waals surface area contributed by atoms with Crippen LogP contribution in [0, 0.1) is 0 Å². The third-order valence-electron chi connectivity index (χ3n) is 2.73. The summed E-state index contributed by atoms with van der Waals surface area (Å²) in [5, 5.41) is 0. The fourth-order valence-corrected chi connectivity index (χ4v) is 1.84. The number of imidazole rings is 1. The van der Waals surface area contributed by atoms with Crippen molar-refractivity contribution in [1.29, 1.82) is 0 Å². The van der Waals surface area contributed by atoms with Crippen LogP contribution >= 0.6 is 0 Å². The van der Waals surface area contributed by atoms with Gasteiger partial charge in [-0.25, -0.2) is 9.97 Å². The topological polar surface area (TPSA) is 66.0 Å². The van der Waals surface area contributed by atoms with Gasteiger partial charge in [0.2, 0.25) is 5.88 Å². The van der Waals surface area contributed by atoms with Crippen molar-refractivity contribution >= 4 is 0 Å². The molecule has 0 fully saturated rings. The summed E-state index contributed by atoms with van der Waals surface area (Å²) in [6.45, 7) is 4.64. The van der Waals surface area contributed by atoms with Crippen LogP contribution in [-0.2, 0) is 12.1 Å². The summed E-state index contributed by atoms with van der Waals surface area (Å²) < 4.78 is 7.15. The molecule has 2 aromatic heterocycles. The number of ether oxygens (including phenoxy) is 1. The maximum atomic E-state index is 6.11. The van der Waals surface area contributed by atoms with Gasteiger partial charge in [0.25, 0.3) is 0 Å². The number of nitrogens with two attached hydrogens (primary N) is 1. The highest BCUT2D eigenvalue weighted by molar-refractivity contribution is 5.22. The van der Waals surface area contributed by atoms with Crippen LogP contribution in [0.25, 0.3) is 0 Å². The zero-order valence-electron chi connectivity index (χ0n) is 10.9. The fourth-order valence-electron chi connectivity index (χ4n) is 1.84. The Balaban J connectivity index is 2.26. The molecule has 0 aliphatic carbocycles. The first kappa shape index (κ1) is 12.6. The van der Waals surface area contributed by atoms with Crippen molar-refractivity contribution in [2.24, 2.45) is 5.73 Å². The number of nitrogens with zero attached hydrogens (tertiary/aromatic N) is 3. The number of hydrogen-bond donors (Lipinski definition) is 1. The van der Waals surface area contributed by atoms with Crippen molar-refractivity contribution in [1.82, 2.24) is 14.5 Å². The molecular formula is C13H18N4O. The largest absolute Gasteiger partial charge is 0.481 e. The quantitative estimate of drug-likeness (QED) is 0.888. The van der Waals surface area contributed by atoms with Gasteiger partial charge in [0, 0.05) is 25.0 Å². The lowest BCUT2D eigenvalue weighted by molar-refractivity contribution is 0.397. The van der Waals surface area contributed by atoms with Crippen molar-refractivity contribution < 1.29 is 4.74 Å². The van der Waals surface area contributed by atoms with Gasteiger partial charge in [0.1, 0.15) is 0 Å². The monoisotopic (exact) mass is 246 g/mol. The Labute approximate surface area is 107 Å². The van der Waals surface area contributed by atoms with E-state index in [0.717, 1.165) is 11.3 Å². The second-order valence-corrected chi connectivity index (χ2v) is 4.83. The molecule has 2 aromatic rings. The molecule has 96 valence electrons. The molecule has 0 aliphatic heterocycles. The van der Waals surface area contributed by atoms with Crippen LogP contribution in [-0.4, -0.2) is 21.6 Å². The van der Waals surface area contributed by atoms with E-state index < -0.39 is 5.54 Å². The van der Waals surface area contributed by atoms with Gasteiger partial charge in [-0.1, -0.05) is 0 Å². The standard InChI is InChI=1S/C13H18N4O/c1-13(2,14)11-7-15-9-17(11)8-10-4-5-16-12(6-10)18-3/h4-7,9H,8,14H2,1-3H3. The van der Waals surface area contributed by atoms with Crippen LogP contribution in [0.1, 0.15) is 25.1 Å². The number of hydrogen-bond acceptors (Lipinski definition) is 4. The van der Waals surface area contributed by atoms with Gasteiger partial charge in [-0.3, -0.25) is 0 Å². The highest BCUT2D eigenvalue weighted by atomic mass is 16.5. The highest BCUT2D eigenvalue weighted by Gasteiger charge is 2.18. The fraction of sp³-hybridized carbons (Fsp3) is 0.385. The number of methoxy groups -OCH3 is 1. The predicted molar refractivity (Wildman–Crippen MR) is 69.3 cm³/mol. The lowest BCUT2D eigenvalue weighted by Gasteiger charge is -2.20. The van der Waals surface area contributed by atoms with Crippen LogP contribution in [0.3, 0.4) is 0 Å². The summed E-state index contributed by atoms with van der Waals surface area (Å²) in [5.41, 5.74) is 7.81. The molecule has 0 aliphatic rings. The van der Waals surface area contributed by atoms with E-state index in [0.29, 0.717) is 12.4 Å². The Morgan fingerprint density at radius 3 is 2.89 bits per heavy atom. The van der Waals surface area contributed by atoms with Crippen LogP contribution in [0.4, 0.5) is 0 Å². The molecule has 2 rings (SSSR count).